The van der Waals surface area contributed by atoms with Crippen LogP contribution < -0.4 is 10.6 Å². The summed E-state index contributed by atoms with van der Waals surface area (Å²) in [5.41, 5.74) is 0.348. The van der Waals surface area contributed by atoms with Gasteiger partial charge in [0, 0.05) is 6.54 Å². The molecule has 0 aliphatic rings. The largest absolute Gasteiger partial charge is 0.481 e. The van der Waals surface area contributed by atoms with E-state index in [0.717, 1.165) is 0 Å². The van der Waals surface area contributed by atoms with E-state index in [1.807, 2.05) is 0 Å². The number of carbonyl (C=O) groups excluding carboxylic acids is 1. The third-order valence-corrected chi connectivity index (χ3v) is 3.12. The summed E-state index contributed by atoms with van der Waals surface area (Å²) in [6, 6.07) is 2.88. The summed E-state index contributed by atoms with van der Waals surface area (Å²) >= 11 is 17.5. The molecule has 0 spiro atoms. The Bertz CT molecular complexity index is 494. The molecule has 19 heavy (non-hydrogen) atoms. The fraction of sp³-hybridized carbons (Fsp3) is 0.273. The molecule has 8 heteroatoms. The van der Waals surface area contributed by atoms with Gasteiger partial charge < -0.3 is 15.7 Å². The second kappa shape index (κ2) is 7.55. The maximum Gasteiger partial charge on any atom is 0.304 e. The first-order chi connectivity index (χ1) is 8.90. The number of anilines is 1. The van der Waals surface area contributed by atoms with Crippen LogP contribution in [0.2, 0.25) is 15.1 Å². The Balaban J connectivity index is 2.48. The van der Waals surface area contributed by atoms with Crippen LogP contribution in [0.25, 0.3) is 0 Å². The molecule has 0 radical (unpaired) electrons. The molecule has 0 aliphatic carbocycles. The molecule has 0 unspecified atom stereocenters. The quantitative estimate of drug-likeness (QED) is 0.555. The van der Waals surface area contributed by atoms with Crippen molar-refractivity contribution in [1.82, 2.24) is 5.32 Å². The lowest BCUT2D eigenvalue weighted by molar-refractivity contribution is -0.137. The molecule has 104 valence electrons. The zero-order valence-electron chi connectivity index (χ0n) is 9.67. The van der Waals surface area contributed by atoms with E-state index in [2.05, 4.69) is 10.6 Å². The van der Waals surface area contributed by atoms with E-state index in [-0.39, 0.29) is 35.5 Å². The number of hydrogen-bond acceptors (Lipinski definition) is 3. The molecule has 0 aliphatic heterocycles. The molecule has 0 atom stereocenters. The number of carboxylic acid groups (broad SMARTS) is 1. The Morgan fingerprint density at radius 1 is 1.11 bits per heavy atom. The molecule has 5 nitrogen and oxygen atoms in total. The Hall–Kier alpha value is -1.01. The summed E-state index contributed by atoms with van der Waals surface area (Å²) < 4.78 is 0. The molecule has 1 aromatic rings. The summed E-state index contributed by atoms with van der Waals surface area (Å²) in [4.78, 5) is 21.8. The Kier molecular flexibility index (Phi) is 6.37. The van der Waals surface area contributed by atoms with Gasteiger partial charge in [0.15, 0.2) is 0 Å². The highest BCUT2D eigenvalue weighted by molar-refractivity contribution is 6.44. The second-order valence-corrected chi connectivity index (χ2v) is 4.84. The zero-order valence-corrected chi connectivity index (χ0v) is 11.9. The van der Waals surface area contributed by atoms with Gasteiger partial charge in [-0.3, -0.25) is 9.59 Å². The Labute approximate surface area is 124 Å². The van der Waals surface area contributed by atoms with Crippen LogP contribution in [0.5, 0.6) is 0 Å². The van der Waals surface area contributed by atoms with Gasteiger partial charge in [-0.1, -0.05) is 34.8 Å². The highest BCUT2D eigenvalue weighted by Crippen LogP contribution is 2.32. The van der Waals surface area contributed by atoms with Gasteiger partial charge in [-0.2, -0.15) is 0 Å². The van der Waals surface area contributed by atoms with Crippen LogP contribution in [0, 0.1) is 0 Å². The van der Waals surface area contributed by atoms with E-state index in [9.17, 15) is 9.59 Å². The van der Waals surface area contributed by atoms with E-state index in [0.29, 0.717) is 10.7 Å². The maximum atomic E-state index is 11.5. The maximum absolute atomic E-state index is 11.5. The molecule has 1 aromatic carbocycles. The van der Waals surface area contributed by atoms with Crippen molar-refractivity contribution in [3.05, 3.63) is 27.2 Å². The average molecular weight is 326 g/mol. The first kappa shape index (κ1) is 16.0. The van der Waals surface area contributed by atoms with E-state index in [1.54, 1.807) is 0 Å². The van der Waals surface area contributed by atoms with Gasteiger partial charge in [0.1, 0.15) is 0 Å². The van der Waals surface area contributed by atoms with Crippen molar-refractivity contribution in [2.24, 2.45) is 0 Å². The summed E-state index contributed by atoms with van der Waals surface area (Å²) in [6.45, 7) is 0.182. The van der Waals surface area contributed by atoms with Crippen LogP contribution in [-0.2, 0) is 9.59 Å². The monoisotopic (exact) mass is 324 g/mol. The summed E-state index contributed by atoms with van der Waals surface area (Å²) in [5, 5.41) is 14.5. The lowest BCUT2D eigenvalue weighted by atomic mass is 10.3. The number of hydrogen-bond donors (Lipinski definition) is 3. The SMILES string of the molecule is O=C(O)CCNCC(=O)Nc1cc(Cl)c(Cl)cc1Cl. The number of nitrogens with one attached hydrogen (secondary N) is 2. The number of carboxylic acids is 1. The van der Waals surface area contributed by atoms with Gasteiger partial charge in [-0.15, -0.1) is 0 Å². The molecule has 0 bridgehead atoms. The lowest BCUT2D eigenvalue weighted by Crippen LogP contribution is -2.29. The number of halogens is 3. The fourth-order valence-corrected chi connectivity index (χ4v) is 1.80. The minimum Gasteiger partial charge on any atom is -0.481 e. The zero-order chi connectivity index (χ0) is 14.4. The van der Waals surface area contributed by atoms with Crippen molar-refractivity contribution >= 4 is 52.4 Å². The van der Waals surface area contributed by atoms with Crippen LogP contribution in [0.15, 0.2) is 12.1 Å². The van der Waals surface area contributed by atoms with E-state index in [1.165, 1.54) is 12.1 Å². The van der Waals surface area contributed by atoms with Gasteiger partial charge in [0.2, 0.25) is 5.91 Å². The Morgan fingerprint density at radius 3 is 2.37 bits per heavy atom. The number of benzene rings is 1. The van der Waals surface area contributed by atoms with Gasteiger partial charge >= 0.3 is 5.97 Å². The highest BCUT2D eigenvalue weighted by Gasteiger charge is 2.09. The summed E-state index contributed by atoms with van der Waals surface area (Å²) in [6.07, 6.45) is -0.0548. The van der Waals surface area contributed by atoms with Gasteiger partial charge in [0.05, 0.1) is 33.7 Å². The predicted octanol–water partition coefficient (Wildman–Crippen LogP) is 2.65. The molecular weight excluding hydrogens is 314 g/mol. The third-order valence-electron chi connectivity index (χ3n) is 2.09. The topological polar surface area (TPSA) is 78.4 Å². The molecular formula is C11H11Cl3N2O3. The molecule has 0 aromatic heterocycles. The van der Waals surface area contributed by atoms with Gasteiger partial charge in [-0.05, 0) is 12.1 Å². The van der Waals surface area contributed by atoms with Crippen molar-refractivity contribution in [2.45, 2.75) is 6.42 Å². The number of carbonyl (C=O) groups is 2. The van der Waals surface area contributed by atoms with Crippen molar-refractivity contribution in [3.8, 4) is 0 Å². The smallest absolute Gasteiger partial charge is 0.304 e. The first-order valence-electron chi connectivity index (χ1n) is 5.27. The second-order valence-electron chi connectivity index (χ2n) is 3.61. The minimum absolute atomic E-state index is 0.0240. The van der Waals surface area contributed by atoms with Crippen molar-refractivity contribution in [3.63, 3.8) is 0 Å². The van der Waals surface area contributed by atoms with Crippen LogP contribution in [-0.4, -0.2) is 30.1 Å². The summed E-state index contributed by atoms with van der Waals surface area (Å²) in [5.74, 6) is -1.29. The van der Waals surface area contributed by atoms with E-state index >= 15 is 0 Å². The van der Waals surface area contributed by atoms with Crippen LogP contribution in [0.1, 0.15) is 6.42 Å². The fourth-order valence-electron chi connectivity index (χ4n) is 1.21. The molecule has 1 amide bonds. The van der Waals surface area contributed by atoms with Crippen LogP contribution >= 0.6 is 34.8 Å². The van der Waals surface area contributed by atoms with Crippen LogP contribution in [0.3, 0.4) is 0 Å². The minimum atomic E-state index is -0.930. The summed E-state index contributed by atoms with van der Waals surface area (Å²) in [7, 11) is 0. The third kappa shape index (κ3) is 5.65. The normalized spacial score (nSPS) is 10.3. The first-order valence-corrected chi connectivity index (χ1v) is 6.40. The number of rotatable bonds is 6. The van der Waals surface area contributed by atoms with E-state index in [4.69, 9.17) is 39.9 Å². The predicted molar refractivity (Wildman–Crippen MR) is 75.2 cm³/mol. The molecule has 0 heterocycles. The van der Waals surface area contributed by atoms with Crippen LogP contribution in [0.4, 0.5) is 5.69 Å². The van der Waals surface area contributed by atoms with E-state index < -0.39 is 5.97 Å². The van der Waals surface area contributed by atoms with Gasteiger partial charge in [0.25, 0.3) is 0 Å². The van der Waals surface area contributed by atoms with Crippen molar-refractivity contribution in [1.29, 1.82) is 0 Å². The van der Waals surface area contributed by atoms with Crippen molar-refractivity contribution < 1.29 is 14.7 Å². The molecule has 0 saturated carbocycles. The standard InChI is InChI=1S/C11H11Cl3N2O3/c12-6-3-8(14)9(4-7(6)13)16-10(17)5-15-2-1-11(18)19/h3-4,15H,1-2,5H2,(H,16,17)(H,18,19). The lowest BCUT2D eigenvalue weighted by Gasteiger charge is -2.09. The molecule has 0 saturated heterocycles. The molecule has 3 N–H and O–H groups in total. The highest BCUT2D eigenvalue weighted by atomic mass is 35.5. The number of aliphatic carboxylic acids is 1. The average Bonchev–Trinajstić information content (AvgIpc) is 2.31. The van der Waals surface area contributed by atoms with Crippen molar-refractivity contribution in [2.75, 3.05) is 18.4 Å². The number of amides is 1. The Morgan fingerprint density at radius 2 is 1.74 bits per heavy atom. The molecule has 0 fully saturated rings. The molecule has 1 rings (SSSR count). The van der Waals surface area contributed by atoms with Gasteiger partial charge in [-0.25, -0.2) is 0 Å².